The van der Waals surface area contributed by atoms with E-state index < -0.39 is 6.36 Å². The second kappa shape index (κ2) is 6.49. The summed E-state index contributed by atoms with van der Waals surface area (Å²) in [5, 5.41) is 0. The quantitative estimate of drug-likeness (QED) is 0.917. The molecule has 2 N–H and O–H groups in total. The SMILES string of the molecule is NCCOc1ccc(-c2ccccc2)cc1OC(F)(F)F. The van der Waals surface area contributed by atoms with Gasteiger partial charge in [0.15, 0.2) is 11.5 Å². The highest BCUT2D eigenvalue weighted by Crippen LogP contribution is 2.36. The number of hydrogen-bond acceptors (Lipinski definition) is 3. The molecule has 0 heterocycles. The summed E-state index contributed by atoms with van der Waals surface area (Å²) < 4.78 is 46.6. The Morgan fingerprint density at radius 1 is 0.905 bits per heavy atom. The van der Waals surface area contributed by atoms with E-state index in [1.54, 1.807) is 30.3 Å². The van der Waals surface area contributed by atoms with Crippen LogP contribution in [0.3, 0.4) is 0 Å². The number of rotatable bonds is 5. The van der Waals surface area contributed by atoms with E-state index in [1.165, 1.54) is 12.1 Å². The molecule has 3 nitrogen and oxygen atoms in total. The third-order valence-electron chi connectivity index (χ3n) is 2.65. The van der Waals surface area contributed by atoms with E-state index in [0.717, 1.165) is 5.56 Å². The molecule has 0 unspecified atom stereocenters. The summed E-state index contributed by atoms with van der Waals surface area (Å²) in [6.45, 7) is 0.310. The molecular formula is C15H14F3NO2. The van der Waals surface area contributed by atoms with Gasteiger partial charge in [-0.25, -0.2) is 0 Å². The molecule has 0 saturated heterocycles. The van der Waals surface area contributed by atoms with E-state index >= 15 is 0 Å². The number of benzene rings is 2. The number of nitrogens with two attached hydrogens (primary N) is 1. The van der Waals surface area contributed by atoms with Crippen LogP contribution in [0.2, 0.25) is 0 Å². The van der Waals surface area contributed by atoms with Crippen LogP contribution in [-0.2, 0) is 0 Å². The normalized spacial score (nSPS) is 11.2. The van der Waals surface area contributed by atoms with Crippen molar-refractivity contribution in [3.63, 3.8) is 0 Å². The fourth-order valence-electron chi connectivity index (χ4n) is 1.81. The molecular weight excluding hydrogens is 283 g/mol. The van der Waals surface area contributed by atoms with Crippen LogP contribution in [0.25, 0.3) is 11.1 Å². The Morgan fingerprint density at radius 3 is 2.24 bits per heavy atom. The highest BCUT2D eigenvalue weighted by molar-refractivity contribution is 5.67. The van der Waals surface area contributed by atoms with Gasteiger partial charge < -0.3 is 15.2 Å². The van der Waals surface area contributed by atoms with Crippen LogP contribution in [0.4, 0.5) is 13.2 Å². The molecule has 0 saturated carbocycles. The van der Waals surface area contributed by atoms with Crippen LogP contribution in [0.15, 0.2) is 48.5 Å². The van der Waals surface area contributed by atoms with Crippen molar-refractivity contribution in [3.8, 4) is 22.6 Å². The fourth-order valence-corrected chi connectivity index (χ4v) is 1.81. The molecule has 2 aromatic carbocycles. The summed E-state index contributed by atoms with van der Waals surface area (Å²) in [5.41, 5.74) is 6.68. The first kappa shape index (κ1) is 15.2. The minimum Gasteiger partial charge on any atom is -0.488 e. The van der Waals surface area contributed by atoms with Crippen LogP contribution >= 0.6 is 0 Å². The number of alkyl halides is 3. The zero-order valence-corrected chi connectivity index (χ0v) is 11.1. The molecule has 0 fully saturated rings. The Balaban J connectivity index is 2.36. The third kappa shape index (κ3) is 4.39. The average molecular weight is 297 g/mol. The zero-order chi connectivity index (χ0) is 15.3. The maximum absolute atomic E-state index is 12.5. The van der Waals surface area contributed by atoms with Gasteiger partial charge in [-0.1, -0.05) is 36.4 Å². The molecule has 2 rings (SSSR count). The minimum atomic E-state index is -4.78. The molecule has 0 radical (unpaired) electrons. The molecule has 21 heavy (non-hydrogen) atoms. The highest BCUT2D eigenvalue weighted by Gasteiger charge is 2.32. The predicted octanol–water partition coefficient (Wildman–Crippen LogP) is 3.59. The van der Waals surface area contributed by atoms with Gasteiger partial charge in [0.2, 0.25) is 0 Å². The molecule has 0 aliphatic heterocycles. The molecule has 0 aromatic heterocycles. The largest absolute Gasteiger partial charge is 0.573 e. The third-order valence-corrected chi connectivity index (χ3v) is 2.65. The van der Waals surface area contributed by atoms with Crippen molar-refractivity contribution in [3.05, 3.63) is 48.5 Å². The molecule has 0 amide bonds. The van der Waals surface area contributed by atoms with Crippen molar-refractivity contribution in [2.45, 2.75) is 6.36 Å². The summed E-state index contributed by atoms with van der Waals surface area (Å²) in [6.07, 6.45) is -4.78. The zero-order valence-electron chi connectivity index (χ0n) is 11.1. The van der Waals surface area contributed by atoms with E-state index in [4.69, 9.17) is 10.5 Å². The van der Waals surface area contributed by atoms with Crippen LogP contribution in [0.1, 0.15) is 0 Å². The van der Waals surface area contributed by atoms with Gasteiger partial charge in [0.05, 0.1) is 0 Å². The summed E-state index contributed by atoms with van der Waals surface area (Å²) in [7, 11) is 0. The van der Waals surface area contributed by atoms with Gasteiger partial charge in [0, 0.05) is 6.54 Å². The Kier molecular flexibility index (Phi) is 4.70. The van der Waals surface area contributed by atoms with Gasteiger partial charge >= 0.3 is 6.36 Å². The minimum absolute atomic E-state index is 0.0115. The van der Waals surface area contributed by atoms with E-state index in [1.807, 2.05) is 6.07 Å². The second-order valence-electron chi connectivity index (χ2n) is 4.21. The lowest BCUT2D eigenvalue weighted by molar-refractivity contribution is -0.275. The summed E-state index contributed by atoms with van der Waals surface area (Å²) in [4.78, 5) is 0. The lowest BCUT2D eigenvalue weighted by Gasteiger charge is -2.15. The number of halogens is 3. The van der Waals surface area contributed by atoms with E-state index in [-0.39, 0.29) is 24.7 Å². The fraction of sp³-hybridized carbons (Fsp3) is 0.200. The molecule has 0 bridgehead atoms. The topological polar surface area (TPSA) is 44.5 Å². The Bertz CT molecular complexity index is 585. The smallest absolute Gasteiger partial charge is 0.488 e. The van der Waals surface area contributed by atoms with Gasteiger partial charge in [-0.15, -0.1) is 13.2 Å². The van der Waals surface area contributed by atoms with E-state index in [2.05, 4.69) is 4.74 Å². The molecule has 0 aliphatic rings. The van der Waals surface area contributed by atoms with Crippen molar-refractivity contribution in [2.24, 2.45) is 5.73 Å². The van der Waals surface area contributed by atoms with E-state index in [0.29, 0.717) is 5.56 Å². The van der Waals surface area contributed by atoms with Crippen LogP contribution in [0.5, 0.6) is 11.5 Å². The van der Waals surface area contributed by atoms with Crippen molar-refractivity contribution < 1.29 is 22.6 Å². The van der Waals surface area contributed by atoms with Crippen LogP contribution < -0.4 is 15.2 Å². The van der Waals surface area contributed by atoms with Crippen molar-refractivity contribution in [2.75, 3.05) is 13.2 Å². The predicted molar refractivity (Wildman–Crippen MR) is 73.1 cm³/mol. The van der Waals surface area contributed by atoms with Crippen molar-refractivity contribution in [1.82, 2.24) is 0 Å². The standard InChI is InChI=1S/C15H14F3NO2/c16-15(17,18)21-14-10-12(11-4-2-1-3-5-11)6-7-13(14)20-9-8-19/h1-7,10H,8-9,19H2. The second-order valence-corrected chi connectivity index (χ2v) is 4.21. The molecule has 6 heteroatoms. The summed E-state index contributed by atoms with van der Waals surface area (Å²) in [6, 6.07) is 13.4. The molecule has 0 atom stereocenters. The van der Waals surface area contributed by atoms with Crippen LogP contribution in [0, 0.1) is 0 Å². The Morgan fingerprint density at radius 2 is 1.62 bits per heavy atom. The highest BCUT2D eigenvalue weighted by atomic mass is 19.4. The number of ether oxygens (including phenoxy) is 2. The van der Waals surface area contributed by atoms with Crippen molar-refractivity contribution >= 4 is 0 Å². The lowest BCUT2D eigenvalue weighted by atomic mass is 10.1. The average Bonchev–Trinajstić information content (AvgIpc) is 2.45. The maximum atomic E-state index is 12.5. The van der Waals surface area contributed by atoms with Crippen LogP contribution in [-0.4, -0.2) is 19.5 Å². The lowest BCUT2D eigenvalue weighted by Crippen LogP contribution is -2.18. The molecule has 0 aliphatic carbocycles. The first-order valence-corrected chi connectivity index (χ1v) is 6.27. The number of hydrogen-bond donors (Lipinski definition) is 1. The van der Waals surface area contributed by atoms with E-state index in [9.17, 15) is 13.2 Å². The van der Waals surface area contributed by atoms with Gasteiger partial charge in [0.1, 0.15) is 6.61 Å². The summed E-state index contributed by atoms with van der Waals surface area (Å²) in [5.74, 6) is -0.366. The van der Waals surface area contributed by atoms with Gasteiger partial charge in [-0.05, 0) is 23.3 Å². The Hall–Kier alpha value is -2.21. The van der Waals surface area contributed by atoms with Gasteiger partial charge in [0.25, 0.3) is 0 Å². The molecule has 112 valence electrons. The maximum Gasteiger partial charge on any atom is 0.573 e. The molecule has 2 aromatic rings. The Labute approximate surface area is 120 Å². The first-order valence-electron chi connectivity index (χ1n) is 6.27. The summed E-state index contributed by atoms with van der Waals surface area (Å²) >= 11 is 0. The molecule has 0 spiro atoms. The first-order chi connectivity index (χ1) is 9.99. The van der Waals surface area contributed by atoms with Gasteiger partial charge in [-0.2, -0.15) is 0 Å². The van der Waals surface area contributed by atoms with Crippen molar-refractivity contribution in [1.29, 1.82) is 0 Å². The van der Waals surface area contributed by atoms with Gasteiger partial charge in [-0.3, -0.25) is 0 Å². The monoisotopic (exact) mass is 297 g/mol.